The van der Waals surface area contributed by atoms with Crippen molar-refractivity contribution in [3.8, 4) is 11.5 Å². The number of esters is 1. The van der Waals surface area contributed by atoms with E-state index in [0.29, 0.717) is 17.9 Å². The number of methoxy groups -OCH3 is 1. The van der Waals surface area contributed by atoms with Crippen molar-refractivity contribution in [3.63, 3.8) is 0 Å². The number of hydrogen-bond donors (Lipinski definition) is 0. The summed E-state index contributed by atoms with van der Waals surface area (Å²) >= 11 is 0. The van der Waals surface area contributed by atoms with Crippen LogP contribution in [0, 0.1) is 0 Å². The Hall–Kier alpha value is -3.08. The summed E-state index contributed by atoms with van der Waals surface area (Å²) in [6, 6.07) is 14.0. The van der Waals surface area contributed by atoms with Crippen molar-refractivity contribution in [3.05, 3.63) is 65.7 Å². The second-order valence-corrected chi connectivity index (χ2v) is 5.51. The normalized spacial score (nSPS) is 11.8. The molecule has 0 amide bonds. The van der Waals surface area contributed by atoms with Crippen molar-refractivity contribution < 1.29 is 23.8 Å². The molecule has 0 N–H and O–H groups in total. The van der Waals surface area contributed by atoms with Gasteiger partial charge < -0.3 is 14.2 Å². The van der Waals surface area contributed by atoms with Crippen molar-refractivity contribution in [1.29, 1.82) is 0 Å². The Bertz CT molecular complexity index is 760. The predicted octanol–water partition coefficient (Wildman–Crippen LogP) is 3.92. The minimum absolute atomic E-state index is 0.268. The standard InChI is InChI=1S/C21H22O5/c1-4-25-19-10-5-16(6-11-19)7-14-20(22)26-15(2)21(23)17-8-12-18(24-3)13-9-17/h5-15H,4H2,1-3H3/b14-7+. The Balaban J connectivity index is 1.91. The molecule has 0 fully saturated rings. The van der Waals surface area contributed by atoms with E-state index in [-0.39, 0.29) is 5.78 Å². The molecule has 0 saturated heterocycles. The Kier molecular flexibility index (Phi) is 6.97. The van der Waals surface area contributed by atoms with Crippen LogP contribution in [0.4, 0.5) is 0 Å². The van der Waals surface area contributed by atoms with Crippen molar-refractivity contribution >= 4 is 17.8 Å². The van der Waals surface area contributed by atoms with Gasteiger partial charge in [-0.05, 0) is 61.9 Å². The molecule has 0 aliphatic rings. The Morgan fingerprint density at radius 2 is 1.62 bits per heavy atom. The highest BCUT2D eigenvalue weighted by Gasteiger charge is 2.18. The molecule has 2 aromatic rings. The maximum atomic E-state index is 12.3. The molecule has 1 unspecified atom stereocenters. The average Bonchev–Trinajstić information content (AvgIpc) is 2.67. The molecule has 0 aliphatic heterocycles. The van der Waals surface area contributed by atoms with Crippen LogP contribution in [0.1, 0.15) is 29.8 Å². The zero-order valence-corrected chi connectivity index (χ0v) is 15.1. The highest BCUT2D eigenvalue weighted by molar-refractivity contribution is 6.01. The van der Waals surface area contributed by atoms with E-state index in [2.05, 4.69) is 0 Å². The summed E-state index contributed by atoms with van der Waals surface area (Å²) in [5.41, 5.74) is 1.29. The van der Waals surface area contributed by atoms with E-state index in [1.165, 1.54) is 6.08 Å². The molecule has 0 bridgehead atoms. The van der Waals surface area contributed by atoms with E-state index < -0.39 is 12.1 Å². The zero-order chi connectivity index (χ0) is 18.9. The number of ketones is 1. The molecule has 2 aromatic carbocycles. The molecule has 2 rings (SSSR count). The van der Waals surface area contributed by atoms with Gasteiger partial charge in [-0.2, -0.15) is 0 Å². The van der Waals surface area contributed by atoms with E-state index >= 15 is 0 Å². The van der Waals surface area contributed by atoms with Gasteiger partial charge in [-0.1, -0.05) is 12.1 Å². The minimum Gasteiger partial charge on any atom is -0.497 e. The van der Waals surface area contributed by atoms with Gasteiger partial charge in [-0.15, -0.1) is 0 Å². The Morgan fingerprint density at radius 3 is 2.19 bits per heavy atom. The van der Waals surface area contributed by atoms with E-state index in [1.54, 1.807) is 44.4 Å². The highest BCUT2D eigenvalue weighted by Crippen LogP contribution is 2.15. The van der Waals surface area contributed by atoms with Crippen molar-refractivity contribution in [2.24, 2.45) is 0 Å². The minimum atomic E-state index is -0.874. The fourth-order valence-electron chi connectivity index (χ4n) is 2.26. The quantitative estimate of drug-likeness (QED) is 0.408. The van der Waals surface area contributed by atoms with Crippen LogP contribution in [0.25, 0.3) is 6.08 Å². The Labute approximate surface area is 153 Å². The van der Waals surface area contributed by atoms with Gasteiger partial charge in [0, 0.05) is 11.6 Å². The first-order chi connectivity index (χ1) is 12.5. The van der Waals surface area contributed by atoms with Crippen LogP contribution in [-0.4, -0.2) is 31.6 Å². The summed E-state index contributed by atoms with van der Waals surface area (Å²) in [5.74, 6) is 0.583. The fourth-order valence-corrected chi connectivity index (χ4v) is 2.26. The highest BCUT2D eigenvalue weighted by atomic mass is 16.5. The number of rotatable bonds is 8. The number of benzene rings is 2. The van der Waals surface area contributed by atoms with E-state index in [0.717, 1.165) is 11.3 Å². The summed E-state index contributed by atoms with van der Waals surface area (Å²) in [6.45, 7) is 4.06. The summed E-state index contributed by atoms with van der Waals surface area (Å²) < 4.78 is 15.6. The second kappa shape index (κ2) is 9.42. The van der Waals surface area contributed by atoms with Gasteiger partial charge in [0.05, 0.1) is 13.7 Å². The van der Waals surface area contributed by atoms with Crippen molar-refractivity contribution in [2.75, 3.05) is 13.7 Å². The first-order valence-corrected chi connectivity index (χ1v) is 8.33. The lowest BCUT2D eigenvalue weighted by Crippen LogP contribution is -2.23. The average molecular weight is 354 g/mol. The third-order valence-corrected chi connectivity index (χ3v) is 3.64. The molecule has 1 atom stereocenters. The van der Waals surface area contributed by atoms with Gasteiger partial charge in [0.15, 0.2) is 6.10 Å². The molecule has 0 aliphatic carbocycles. The van der Waals surface area contributed by atoms with Gasteiger partial charge in [0.2, 0.25) is 5.78 Å². The van der Waals surface area contributed by atoms with E-state index in [1.807, 2.05) is 31.2 Å². The molecule has 26 heavy (non-hydrogen) atoms. The molecule has 0 aromatic heterocycles. The molecular weight excluding hydrogens is 332 g/mol. The lowest BCUT2D eigenvalue weighted by atomic mass is 10.1. The molecule has 0 spiro atoms. The monoisotopic (exact) mass is 354 g/mol. The second-order valence-electron chi connectivity index (χ2n) is 5.51. The molecule has 0 saturated carbocycles. The van der Waals surface area contributed by atoms with Crippen LogP contribution < -0.4 is 9.47 Å². The van der Waals surface area contributed by atoms with Gasteiger partial charge >= 0.3 is 5.97 Å². The van der Waals surface area contributed by atoms with Crippen LogP contribution in [0.3, 0.4) is 0 Å². The third-order valence-electron chi connectivity index (χ3n) is 3.64. The molecule has 5 nitrogen and oxygen atoms in total. The van der Waals surface area contributed by atoms with Gasteiger partial charge in [0.1, 0.15) is 11.5 Å². The number of carbonyl (C=O) groups is 2. The number of carbonyl (C=O) groups excluding carboxylic acids is 2. The molecule has 5 heteroatoms. The Morgan fingerprint density at radius 1 is 1.00 bits per heavy atom. The lowest BCUT2D eigenvalue weighted by molar-refractivity contribution is -0.140. The van der Waals surface area contributed by atoms with Crippen LogP contribution in [-0.2, 0) is 9.53 Å². The number of ether oxygens (including phenoxy) is 3. The summed E-state index contributed by atoms with van der Waals surface area (Å²) in [6.07, 6.45) is 2.05. The molecule has 0 radical (unpaired) electrons. The van der Waals surface area contributed by atoms with Gasteiger partial charge in [0.25, 0.3) is 0 Å². The van der Waals surface area contributed by atoms with Crippen LogP contribution in [0.2, 0.25) is 0 Å². The van der Waals surface area contributed by atoms with Crippen molar-refractivity contribution in [1.82, 2.24) is 0 Å². The van der Waals surface area contributed by atoms with Crippen LogP contribution >= 0.6 is 0 Å². The SMILES string of the molecule is CCOc1ccc(/C=C/C(=O)OC(C)C(=O)c2ccc(OC)cc2)cc1. The lowest BCUT2D eigenvalue weighted by Gasteiger charge is -2.11. The van der Waals surface area contributed by atoms with Crippen molar-refractivity contribution in [2.45, 2.75) is 20.0 Å². The smallest absolute Gasteiger partial charge is 0.331 e. The van der Waals surface area contributed by atoms with E-state index in [4.69, 9.17) is 14.2 Å². The fraction of sp³-hybridized carbons (Fsp3) is 0.238. The van der Waals surface area contributed by atoms with Gasteiger partial charge in [-0.3, -0.25) is 4.79 Å². The maximum absolute atomic E-state index is 12.3. The van der Waals surface area contributed by atoms with Crippen LogP contribution in [0.15, 0.2) is 54.6 Å². The van der Waals surface area contributed by atoms with Gasteiger partial charge in [-0.25, -0.2) is 4.79 Å². The number of Topliss-reactive ketones (excluding diaryl/α,β-unsaturated/α-hetero) is 1. The summed E-state index contributed by atoms with van der Waals surface area (Å²) in [5, 5.41) is 0. The molecule has 136 valence electrons. The summed E-state index contributed by atoms with van der Waals surface area (Å²) in [4.78, 5) is 24.2. The number of hydrogen-bond acceptors (Lipinski definition) is 5. The predicted molar refractivity (Wildman–Crippen MR) is 99.5 cm³/mol. The topological polar surface area (TPSA) is 61.8 Å². The maximum Gasteiger partial charge on any atom is 0.331 e. The first kappa shape index (κ1) is 19.2. The zero-order valence-electron chi connectivity index (χ0n) is 15.1. The van der Waals surface area contributed by atoms with Crippen LogP contribution in [0.5, 0.6) is 11.5 Å². The third kappa shape index (κ3) is 5.48. The van der Waals surface area contributed by atoms with E-state index in [9.17, 15) is 9.59 Å². The summed E-state index contributed by atoms with van der Waals surface area (Å²) in [7, 11) is 1.55. The first-order valence-electron chi connectivity index (χ1n) is 8.33. The largest absolute Gasteiger partial charge is 0.497 e. The molecular formula is C21H22O5. The molecule has 0 heterocycles.